The van der Waals surface area contributed by atoms with Crippen LogP contribution in [-0.4, -0.2) is 56.9 Å². The van der Waals surface area contributed by atoms with Crippen LogP contribution in [-0.2, 0) is 0 Å². The molecule has 1 saturated carbocycles. The van der Waals surface area contributed by atoms with E-state index in [-0.39, 0.29) is 35.2 Å². The second kappa shape index (κ2) is 9.33. The summed E-state index contributed by atoms with van der Waals surface area (Å²) in [4.78, 5) is 32.6. The molecule has 2 fully saturated rings. The molecule has 3 aromatic rings. The molecule has 5 rings (SSSR count). The van der Waals surface area contributed by atoms with Gasteiger partial charge in [0.25, 0.3) is 11.5 Å². The number of alkyl halides is 1. The van der Waals surface area contributed by atoms with E-state index in [2.05, 4.69) is 17.2 Å². The first kappa shape index (κ1) is 22.8. The number of likely N-dealkylation sites (tertiary alicyclic amines) is 1. The molecule has 2 N–H and O–H groups in total. The van der Waals surface area contributed by atoms with Gasteiger partial charge >= 0.3 is 0 Å². The number of hydrogen-bond acceptors (Lipinski definition) is 4. The average Bonchev–Trinajstić information content (AvgIpc) is 3.23. The fourth-order valence-electron chi connectivity index (χ4n) is 5.21. The molecule has 34 heavy (non-hydrogen) atoms. The maximum atomic E-state index is 13.3. The summed E-state index contributed by atoms with van der Waals surface area (Å²) < 4.78 is 14.2. The fourth-order valence-corrected chi connectivity index (χ4v) is 5.21. The molecule has 0 spiro atoms. The molecular formula is C26H31FN4O3. The Morgan fingerprint density at radius 2 is 1.91 bits per heavy atom. The van der Waals surface area contributed by atoms with Crippen molar-refractivity contribution in [3.05, 3.63) is 57.5 Å². The molecule has 1 atom stereocenters. The number of aromatic nitrogens is 3. The Kier molecular flexibility index (Phi) is 6.25. The number of amides is 1. The highest BCUT2D eigenvalue weighted by atomic mass is 19.1. The molecule has 0 bridgehead atoms. The van der Waals surface area contributed by atoms with Crippen molar-refractivity contribution in [2.75, 3.05) is 26.4 Å². The maximum Gasteiger partial charge on any atom is 0.273 e. The number of nitrogens with one attached hydrogen (secondary N) is 1. The van der Waals surface area contributed by atoms with E-state index in [9.17, 15) is 19.1 Å². The number of halogens is 1. The molecule has 1 aliphatic carbocycles. The first-order valence-corrected chi connectivity index (χ1v) is 12.2. The van der Waals surface area contributed by atoms with Gasteiger partial charge in [0.15, 0.2) is 5.65 Å². The lowest BCUT2D eigenvalue weighted by Crippen LogP contribution is -2.51. The molecule has 180 valence electrons. The van der Waals surface area contributed by atoms with Crippen molar-refractivity contribution in [3.8, 4) is 11.3 Å². The van der Waals surface area contributed by atoms with Crippen molar-refractivity contribution in [3.63, 3.8) is 0 Å². The summed E-state index contributed by atoms with van der Waals surface area (Å²) in [5.74, 6) is -0.251. The Morgan fingerprint density at radius 1 is 1.21 bits per heavy atom. The highest BCUT2D eigenvalue weighted by Gasteiger charge is 2.35. The number of hydrogen-bond donors (Lipinski definition) is 2. The zero-order valence-electron chi connectivity index (χ0n) is 19.5. The van der Waals surface area contributed by atoms with Crippen LogP contribution < -0.4 is 5.56 Å². The number of benzene rings is 1. The van der Waals surface area contributed by atoms with E-state index >= 15 is 0 Å². The average molecular weight is 467 g/mol. The van der Waals surface area contributed by atoms with E-state index in [1.807, 2.05) is 12.1 Å². The second-order valence-corrected chi connectivity index (χ2v) is 9.81. The number of H-pyrrole nitrogens is 1. The number of carbonyl (C=O) groups is 1. The summed E-state index contributed by atoms with van der Waals surface area (Å²) in [7, 11) is 0. The number of fused-ring (bicyclic) bond motifs is 1. The fraction of sp³-hybridized carbons (Fsp3) is 0.500. The van der Waals surface area contributed by atoms with Crippen LogP contribution in [0.2, 0.25) is 0 Å². The van der Waals surface area contributed by atoms with Crippen LogP contribution in [0.15, 0.2) is 35.1 Å². The Labute approximate surface area is 197 Å². The Hall–Kier alpha value is -3.00. The van der Waals surface area contributed by atoms with E-state index in [0.29, 0.717) is 30.4 Å². The van der Waals surface area contributed by atoms with Gasteiger partial charge in [-0.05, 0) is 24.3 Å². The number of aliphatic hydroxyl groups is 1. The third-order valence-electron chi connectivity index (χ3n) is 7.37. The van der Waals surface area contributed by atoms with Crippen LogP contribution in [0.5, 0.6) is 0 Å². The predicted molar refractivity (Wildman–Crippen MR) is 128 cm³/mol. The van der Waals surface area contributed by atoms with E-state index < -0.39 is 12.6 Å². The maximum absolute atomic E-state index is 13.3. The molecular weight excluding hydrogens is 435 g/mol. The predicted octanol–water partition coefficient (Wildman–Crippen LogP) is 3.87. The summed E-state index contributed by atoms with van der Waals surface area (Å²) in [5, 5.41) is 12.7. The minimum Gasteiger partial charge on any atom is -0.396 e. The van der Waals surface area contributed by atoms with Crippen LogP contribution in [0.25, 0.3) is 16.9 Å². The quantitative estimate of drug-likeness (QED) is 0.577. The summed E-state index contributed by atoms with van der Waals surface area (Å²) in [6.07, 6.45) is 6.27. The molecule has 2 aromatic heterocycles. The summed E-state index contributed by atoms with van der Waals surface area (Å²) in [6.45, 7) is 1.80. The number of nitrogens with zero attached hydrogens (tertiary/aromatic N) is 3. The van der Waals surface area contributed by atoms with Gasteiger partial charge in [0, 0.05) is 36.6 Å². The lowest BCUT2D eigenvalue weighted by molar-refractivity contribution is 0.0452. The van der Waals surface area contributed by atoms with E-state index in [0.717, 1.165) is 5.56 Å². The van der Waals surface area contributed by atoms with Crippen LogP contribution in [0.1, 0.15) is 72.5 Å². The summed E-state index contributed by atoms with van der Waals surface area (Å²) in [6, 6.07) is 9.69. The highest BCUT2D eigenvalue weighted by Crippen LogP contribution is 2.33. The second-order valence-electron chi connectivity index (χ2n) is 9.81. The number of rotatable bonds is 6. The topological polar surface area (TPSA) is 90.7 Å². The van der Waals surface area contributed by atoms with Crippen molar-refractivity contribution in [1.29, 1.82) is 0 Å². The molecule has 1 saturated heterocycles. The van der Waals surface area contributed by atoms with Gasteiger partial charge in [-0.25, -0.2) is 9.50 Å². The van der Waals surface area contributed by atoms with Gasteiger partial charge in [-0.1, -0.05) is 50.5 Å². The minimum absolute atomic E-state index is 0.151. The molecule has 0 unspecified atom stereocenters. The lowest BCUT2D eigenvalue weighted by Gasteiger charge is -2.37. The van der Waals surface area contributed by atoms with Gasteiger partial charge in [-0.15, -0.1) is 0 Å². The highest BCUT2D eigenvalue weighted by molar-refractivity contribution is 6.01. The molecule has 7 nitrogen and oxygen atoms in total. The van der Waals surface area contributed by atoms with Crippen molar-refractivity contribution < 1.29 is 14.3 Å². The first-order chi connectivity index (χ1) is 16.5. The summed E-state index contributed by atoms with van der Waals surface area (Å²) in [5.41, 5.74) is 3.29. The third kappa shape index (κ3) is 4.04. The van der Waals surface area contributed by atoms with Crippen LogP contribution >= 0.6 is 0 Å². The molecule has 2 aliphatic rings. The zero-order chi connectivity index (χ0) is 23.8. The van der Waals surface area contributed by atoms with Crippen molar-refractivity contribution >= 4 is 11.6 Å². The van der Waals surface area contributed by atoms with Crippen molar-refractivity contribution in [2.24, 2.45) is 5.92 Å². The van der Waals surface area contributed by atoms with Gasteiger partial charge in [0.2, 0.25) is 0 Å². The lowest BCUT2D eigenvalue weighted by atomic mass is 9.84. The summed E-state index contributed by atoms with van der Waals surface area (Å²) >= 11 is 0. The normalized spacial score (nSPS) is 18.3. The van der Waals surface area contributed by atoms with Gasteiger partial charge in [0.1, 0.15) is 5.56 Å². The van der Waals surface area contributed by atoms with Crippen LogP contribution in [0.4, 0.5) is 4.39 Å². The van der Waals surface area contributed by atoms with Crippen LogP contribution in [0, 0.1) is 5.92 Å². The largest absolute Gasteiger partial charge is 0.396 e. The van der Waals surface area contributed by atoms with Crippen molar-refractivity contribution in [2.45, 2.75) is 50.9 Å². The number of aromatic amines is 1. The standard InChI is InChI=1S/C26H31FN4O3/c1-16(15-32)24-23(26(34)30-13-17(12-27)14-30)25-28-21(11-22(33)31(25)29-24)20-9-7-19(8-10-20)18-5-3-2-4-6-18/h7-11,16-18,29,32H,2-6,12-15H2,1H3/t16-/m1/s1. The molecule has 1 amide bonds. The van der Waals surface area contributed by atoms with Gasteiger partial charge in [0.05, 0.1) is 24.7 Å². The SMILES string of the molecule is C[C@H](CO)c1[nH]n2c(=O)cc(-c3ccc(C4CCCCC4)cc3)nc2c1C(=O)N1CC(CF)C1. The van der Waals surface area contributed by atoms with Gasteiger partial charge in [-0.2, -0.15) is 0 Å². The third-order valence-corrected chi connectivity index (χ3v) is 7.37. The smallest absolute Gasteiger partial charge is 0.273 e. The Morgan fingerprint density at radius 3 is 2.56 bits per heavy atom. The number of carbonyl (C=O) groups excluding carboxylic acids is 1. The molecule has 3 heterocycles. The minimum atomic E-state index is -0.462. The van der Waals surface area contributed by atoms with E-state index in [1.54, 1.807) is 11.8 Å². The first-order valence-electron chi connectivity index (χ1n) is 12.2. The Bertz CT molecular complexity index is 1240. The van der Waals surface area contributed by atoms with Gasteiger partial charge < -0.3 is 10.0 Å². The number of aliphatic hydroxyl groups excluding tert-OH is 1. The molecule has 8 heteroatoms. The van der Waals surface area contributed by atoms with Crippen LogP contribution in [0.3, 0.4) is 0 Å². The monoisotopic (exact) mass is 466 g/mol. The zero-order valence-corrected chi connectivity index (χ0v) is 19.5. The molecule has 1 aromatic carbocycles. The van der Waals surface area contributed by atoms with Crippen molar-refractivity contribution in [1.82, 2.24) is 19.5 Å². The molecule has 1 aliphatic heterocycles. The van der Waals surface area contributed by atoms with E-state index in [4.69, 9.17) is 4.98 Å². The molecule has 0 radical (unpaired) electrons. The van der Waals surface area contributed by atoms with E-state index in [1.165, 1.54) is 48.2 Å². The van der Waals surface area contributed by atoms with Gasteiger partial charge in [-0.3, -0.25) is 19.1 Å². The Balaban J connectivity index is 1.54.